The van der Waals surface area contributed by atoms with E-state index in [9.17, 15) is 9.18 Å². The lowest BCUT2D eigenvalue weighted by atomic mass is 10.1. The summed E-state index contributed by atoms with van der Waals surface area (Å²) in [5.41, 5.74) is 0.854. The molecule has 0 aliphatic heterocycles. The lowest BCUT2D eigenvalue weighted by Gasteiger charge is -1.99. The summed E-state index contributed by atoms with van der Waals surface area (Å²) < 4.78 is 22.8. The molecule has 5 nitrogen and oxygen atoms in total. The van der Waals surface area contributed by atoms with Crippen molar-refractivity contribution in [1.82, 2.24) is 10.3 Å². The van der Waals surface area contributed by atoms with Crippen molar-refractivity contribution in [3.8, 4) is 0 Å². The predicted octanol–water partition coefficient (Wildman–Crippen LogP) is 1.74. The number of nitrogens with zero attached hydrogens (tertiary/aromatic N) is 1. The third kappa shape index (κ3) is 3.62. The molecule has 0 aliphatic rings. The molecular weight excluding hydrogens is 251 g/mol. The Balaban J connectivity index is 2.01. The number of methoxy groups -OCH3 is 1. The van der Waals surface area contributed by atoms with Crippen molar-refractivity contribution in [3.63, 3.8) is 0 Å². The zero-order valence-corrected chi connectivity index (χ0v) is 10.4. The topological polar surface area (TPSA) is 64.4 Å². The molecule has 1 heterocycles. The average molecular weight is 264 g/mol. The van der Waals surface area contributed by atoms with Crippen molar-refractivity contribution in [2.24, 2.45) is 0 Å². The van der Waals surface area contributed by atoms with Crippen LogP contribution in [0.4, 0.5) is 4.39 Å². The summed E-state index contributed by atoms with van der Waals surface area (Å²) in [6, 6.07) is 6.02. The van der Waals surface area contributed by atoms with Gasteiger partial charge in [-0.2, -0.15) is 0 Å². The number of rotatable bonds is 5. The minimum atomic E-state index is -0.389. The summed E-state index contributed by atoms with van der Waals surface area (Å²) in [6.45, 7) is 0.104. The molecule has 6 heteroatoms. The molecule has 1 aromatic heterocycles. The number of halogens is 1. The lowest BCUT2D eigenvalue weighted by molar-refractivity contribution is 0.0843. The van der Waals surface area contributed by atoms with Crippen LogP contribution in [0.5, 0.6) is 0 Å². The second kappa shape index (κ2) is 6.10. The van der Waals surface area contributed by atoms with Crippen molar-refractivity contribution in [2.45, 2.75) is 6.42 Å². The minimum absolute atomic E-state index is 0.104. The molecule has 0 spiro atoms. The smallest absolute Gasteiger partial charge is 0.290 e. The van der Waals surface area contributed by atoms with Crippen LogP contribution in [-0.2, 0) is 11.2 Å². The number of hydrogen-bond acceptors (Lipinski definition) is 4. The van der Waals surface area contributed by atoms with Crippen molar-refractivity contribution in [1.29, 1.82) is 0 Å². The Hall–Kier alpha value is -2.21. The normalized spacial score (nSPS) is 10.4. The van der Waals surface area contributed by atoms with Gasteiger partial charge in [0.15, 0.2) is 5.89 Å². The van der Waals surface area contributed by atoms with Crippen molar-refractivity contribution >= 4 is 5.91 Å². The third-order valence-corrected chi connectivity index (χ3v) is 2.42. The van der Waals surface area contributed by atoms with Crippen molar-refractivity contribution in [3.05, 3.63) is 53.5 Å². The fraction of sp³-hybridized carbons (Fsp3) is 0.231. The summed E-state index contributed by atoms with van der Waals surface area (Å²) in [4.78, 5) is 15.5. The van der Waals surface area contributed by atoms with Crippen LogP contribution in [0.25, 0.3) is 0 Å². The summed E-state index contributed by atoms with van der Waals surface area (Å²) in [5, 5.41) is 2.49. The zero-order chi connectivity index (χ0) is 13.7. The summed E-state index contributed by atoms with van der Waals surface area (Å²) in [6.07, 6.45) is 1.75. The molecule has 0 atom stereocenters. The fourth-order valence-corrected chi connectivity index (χ4v) is 1.50. The number of carbonyl (C=O) groups excluding carboxylic acids is 1. The van der Waals surface area contributed by atoms with Gasteiger partial charge in [-0.1, -0.05) is 12.1 Å². The number of benzene rings is 1. The highest BCUT2D eigenvalue weighted by Gasteiger charge is 2.12. The van der Waals surface area contributed by atoms with Gasteiger partial charge in [0.25, 0.3) is 5.91 Å². The van der Waals surface area contributed by atoms with E-state index in [2.05, 4.69) is 10.3 Å². The number of carbonyl (C=O) groups is 1. The third-order valence-electron chi connectivity index (χ3n) is 2.42. The van der Waals surface area contributed by atoms with E-state index in [1.807, 2.05) is 0 Å². The standard InChI is InChI=1S/C13H13FN2O3/c1-18-8-16-13(17)11-7-15-12(19-11)6-9-2-4-10(14)5-3-9/h2-5,7H,6,8H2,1H3,(H,16,17). The second-order valence-corrected chi connectivity index (χ2v) is 3.86. The highest BCUT2D eigenvalue weighted by molar-refractivity contribution is 5.90. The van der Waals surface area contributed by atoms with Gasteiger partial charge < -0.3 is 14.5 Å². The van der Waals surface area contributed by atoms with Crippen LogP contribution in [0, 0.1) is 5.82 Å². The maximum atomic E-state index is 12.7. The summed E-state index contributed by atoms with van der Waals surface area (Å²) in [5.74, 6) is -0.168. The Morgan fingerprint density at radius 2 is 2.16 bits per heavy atom. The van der Waals surface area contributed by atoms with E-state index >= 15 is 0 Å². The van der Waals surface area contributed by atoms with Crippen molar-refractivity contribution < 1.29 is 18.3 Å². The first-order chi connectivity index (χ1) is 9.19. The van der Waals surface area contributed by atoms with Crippen LogP contribution in [0.15, 0.2) is 34.9 Å². The quantitative estimate of drug-likeness (QED) is 0.835. The van der Waals surface area contributed by atoms with Gasteiger partial charge in [0.1, 0.15) is 12.5 Å². The SMILES string of the molecule is COCNC(=O)c1cnc(Cc2ccc(F)cc2)o1. The lowest BCUT2D eigenvalue weighted by Crippen LogP contribution is -2.24. The van der Waals surface area contributed by atoms with E-state index < -0.39 is 0 Å². The van der Waals surface area contributed by atoms with Crippen LogP contribution in [0.2, 0.25) is 0 Å². The highest BCUT2D eigenvalue weighted by atomic mass is 19.1. The molecule has 0 radical (unpaired) electrons. The number of hydrogen-bond donors (Lipinski definition) is 1. The molecule has 19 heavy (non-hydrogen) atoms. The fourth-order valence-electron chi connectivity index (χ4n) is 1.50. The van der Waals surface area contributed by atoms with Gasteiger partial charge in [0.2, 0.25) is 5.76 Å². The van der Waals surface area contributed by atoms with Crippen LogP contribution >= 0.6 is 0 Å². The minimum Gasteiger partial charge on any atom is -0.435 e. The van der Waals surface area contributed by atoms with Gasteiger partial charge >= 0.3 is 0 Å². The summed E-state index contributed by atoms with van der Waals surface area (Å²) >= 11 is 0. The largest absolute Gasteiger partial charge is 0.435 e. The van der Waals surface area contributed by atoms with E-state index in [4.69, 9.17) is 9.15 Å². The molecule has 1 amide bonds. The maximum absolute atomic E-state index is 12.7. The van der Waals surface area contributed by atoms with Crippen LogP contribution in [0.1, 0.15) is 22.0 Å². The van der Waals surface area contributed by atoms with E-state index in [1.54, 1.807) is 12.1 Å². The number of ether oxygens (including phenoxy) is 1. The van der Waals surface area contributed by atoms with Crippen molar-refractivity contribution in [2.75, 3.05) is 13.8 Å². The van der Waals surface area contributed by atoms with Gasteiger partial charge in [-0.25, -0.2) is 9.37 Å². The highest BCUT2D eigenvalue weighted by Crippen LogP contribution is 2.11. The van der Waals surface area contributed by atoms with Gasteiger partial charge in [0.05, 0.1) is 6.20 Å². The molecule has 1 N–H and O–H groups in total. The molecule has 2 aromatic rings. The predicted molar refractivity (Wildman–Crippen MR) is 65.1 cm³/mol. The van der Waals surface area contributed by atoms with E-state index in [-0.39, 0.29) is 24.2 Å². The molecule has 0 saturated carbocycles. The monoisotopic (exact) mass is 264 g/mol. The molecule has 2 rings (SSSR count). The van der Waals surface area contributed by atoms with Crippen LogP contribution < -0.4 is 5.32 Å². The van der Waals surface area contributed by atoms with E-state index in [0.29, 0.717) is 12.3 Å². The van der Waals surface area contributed by atoms with E-state index in [0.717, 1.165) is 5.56 Å². The molecular formula is C13H13FN2O3. The molecule has 1 aromatic carbocycles. The second-order valence-electron chi connectivity index (χ2n) is 3.86. The van der Waals surface area contributed by atoms with Gasteiger partial charge in [-0.3, -0.25) is 4.79 Å². The number of oxazole rings is 1. The molecule has 0 bridgehead atoms. The molecule has 0 aliphatic carbocycles. The van der Waals surface area contributed by atoms with E-state index in [1.165, 1.54) is 25.4 Å². The Labute approximate surface area is 109 Å². The average Bonchev–Trinajstić information content (AvgIpc) is 2.87. The molecule has 100 valence electrons. The Kier molecular flexibility index (Phi) is 4.25. The molecule has 0 unspecified atom stereocenters. The first-order valence-corrected chi connectivity index (χ1v) is 5.65. The maximum Gasteiger partial charge on any atom is 0.290 e. The Bertz CT molecular complexity index is 551. The summed E-state index contributed by atoms with van der Waals surface area (Å²) in [7, 11) is 1.47. The number of aromatic nitrogens is 1. The van der Waals surface area contributed by atoms with Gasteiger partial charge in [0, 0.05) is 13.5 Å². The van der Waals surface area contributed by atoms with Gasteiger partial charge in [-0.15, -0.1) is 0 Å². The Morgan fingerprint density at radius 1 is 1.42 bits per heavy atom. The van der Waals surface area contributed by atoms with Crippen LogP contribution in [-0.4, -0.2) is 24.7 Å². The number of amides is 1. The number of nitrogens with one attached hydrogen (secondary N) is 1. The van der Waals surface area contributed by atoms with Gasteiger partial charge in [-0.05, 0) is 17.7 Å². The molecule has 0 saturated heterocycles. The molecule has 0 fully saturated rings. The first-order valence-electron chi connectivity index (χ1n) is 5.65. The van der Waals surface area contributed by atoms with Crippen LogP contribution in [0.3, 0.4) is 0 Å². The Morgan fingerprint density at radius 3 is 2.84 bits per heavy atom. The first kappa shape index (κ1) is 13.2. The zero-order valence-electron chi connectivity index (χ0n) is 10.4.